The molecule has 0 N–H and O–H groups in total. The molecule has 10 nitrogen and oxygen atoms in total. The van der Waals surface area contributed by atoms with E-state index < -0.39 is 16.1 Å². The van der Waals surface area contributed by atoms with Gasteiger partial charge in [0, 0.05) is 25.2 Å². The van der Waals surface area contributed by atoms with E-state index in [-0.39, 0.29) is 29.7 Å². The van der Waals surface area contributed by atoms with Gasteiger partial charge in [0.15, 0.2) is 11.5 Å². The molecular weight excluding hydrogens is 626 g/mol. The summed E-state index contributed by atoms with van der Waals surface area (Å²) in [6, 6.07) is 17.4. The highest BCUT2D eigenvalue weighted by Gasteiger charge is 2.37. The Labute approximate surface area is 254 Å². The fourth-order valence-electron chi connectivity index (χ4n) is 4.68. The van der Waals surface area contributed by atoms with Crippen LogP contribution in [-0.2, 0) is 29.2 Å². The van der Waals surface area contributed by atoms with Crippen molar-refractivity contribution >= 4 is 56.5 Å². The van der Waals surface area contributed by atoms with E-state index in [1.165, 1.54) is 17.7 Å². The molecule has 0 radical (unpaired) electrons. The lowest BCUT2D eigenvalue weighted by Gasteiger charge is -2.29. The van der Waals surface area contributed by atoms with Gasteiger partial charge in [0.1, 0.15) is 13.2 Å². The summed E-state index contributed by atoms with van der Waals surface area (Å²) in [5, 5.41) is 10.4. The standard InChI is InChI=1S/C30H26BrN3O7S/c1-2-40-25-14-20(13-24(31)28(25)41-18-19-7-9-23(10-8-19)34(38)39)15-26-29(36)33(30(37)42-26)17-27(35)32-12-11-21-5-3-4-6-22(21)16-32/h3-10,13-15H,2,11-12,16-18H2,1H3/b26-15+. The Morgan fingerprint density at radius 1 is 1.10 bits per heavy atom. The second kappa shape index (κ2) is 12.8. The number of halogens is 1. The van der Waals surface area contributed by atoms with Crippen LogP contribution in [0.2, 0.25) is 0 Å². The molecule has 3 aromatic carbocycles. The molecule has 0 spiro atoms. The van der Waals surface area contributed by atoms with Crippen LogP contribution in [0.5, 0.6) is 11.5 Å². The Morgan fingerprint density at radius 2 is 1.83 bits per heavy atom. The molecule has 0 saturated carbocycles. The molecule has 0 aromatic heterocycles. The number of non-ortho nitro benzene ring substituents is 1. The highest BCUT2D eigenvalue weighted by molar-refractivity contribution is 9.10. The van der Waals surface area contributed by atoms with Crippen molar-refractivity contribution < 1.29 is 28.8 Å². The Morgan fingerprint density at radius 3 is 2.55 bits per heavy atom. The second-order valence-corrected chi connectivity index (χ2v) is 11.4. The highest BCUT2D eigenvalue weighted by Crippen LogP contribution is 2.40. The third-order valence-corrected chi connectivity index (χ3v) is 8.31. The number of carbonyl (C=O) groups is 3. The fraction of sp³-hybridized carbons (Fsp3) is 0.233. The van der Waals surface area contributed by atoms with Crippen LogP contribution >= 0.6 is 27.7 Å². The van der Waals surface area contributed by atoms with E-state index in [9.17, 15) is 24.5 Å². The van der Waals surface area contributed by atoms with Crippen LogP contribution in [-0.4, -0.2) is 51.5 Å². The number of nitro groups is 1. The summed E-state index contributed by atoms with van der Waals surface area (Å²) < 4.78 is 12.3. The fourth-order valence-corrected chi connectivity index (χ4v) is 6.09. The smallest absolute Gasteiger partial charge is 0.294 e. The van der Waals surface area contributed by atoms with Gasteiger partial charge in [-0.1, -0.05) is 24.3 Å². The Kier molecular flexibility index (Phi) is 8.93. The molecule has 0 unspecified atom stereocenters. The lowest BCUT2D eigenvalue weighted by atomic mass is 10.00. The van der Waals surface area contributed by atoms with E-state index >= 15 is 0 Å². The number of imide groups is 1. The predicted octanol–water partition coefficient (Wildman–Crippen LogP) is 5.96. The zero-order valence-electron chi connectivity index (χ0n) is 22.6. The van der Waals surface area contributed by atoms with E-state index in [4.69, 9.17) is 9.47 Å². The molecule has 3 aromatic rings. The molecule has 1 fully saturated rings. The number of fused-ring (bicyclic) bond motifs is 1. The van der Waals surface area contributed by atoms with Gasteiger partial charge in [-0.15, -0.1) is 0 Å². The van der Waals surface area contributed by atoms with Crippen molar-refractivity contribution in [2.24, 2.45) is 0 Å². The van der Waals surface area contributed by atoms with Gasteiger partial charge in [0.05, 0.1) is 20.9 Å². The van der Waals surface area contributed by atoms with Crippen molar-refractivity contribution in [2.75, 3.05) is 19.7 Å². The van der Waals surface area contributed by atoms with Gasteiger partial charge < -0.3 is 14.4 Å². The zero-order valence-corrected chi connectivity index (χ0v) is 25.0. The third-order valence-electron chi connectivity index (χ3n) is 6.81. The second-order valence-electron chi connectivity index (χ2n) is 9.58. The van der Waals surface area contributed by atoms with Gasteiger partial charge in [-0.2, -0.15) is 0 Å². The number of thioether (sulfide) groups is 1. The van der Waals surface area contributed by atoms with Crippen LogP contribution in [0.25, 0.3) is 6.08 Å². The first-order valence-corrected chi connectivity index (χ1v) is 14.8. The number of rotatable bonds is 9. The average molecular weight is 653 g/mol. The normalized spacial score (nSPS) is 15.6. The molecule has 2 aliphatic heterocycles. The first-order chi connectivity index (χ1) is 20.2. The maximum Gasteiger partial charge on any atom is 0.294 e. The van der Waals surface area contributed by atoms with Crippen molar-refractivity contribution in [2.45, 2.75) is 26.5 Å². The molecule has 2 heterocycles. The Bertz CT molecular complexity index is 1590. The summed E-state index contributed by atoms with van der Waals surface area (Å²) in [6.45, 7) is 3.00. The largest absolute Gasteiger partial charge is 0.490 e. The van der Waals surface area contributed by atoms with Gasteiger partial charge in [0.25, 0.3) is 16.8 Å². The summed E-state index contributed by atoms with van der Waals surface area (Å²) in [5.74, 6) is 0.0428. The molecule has 3 amide bonds. The molecule has 216 valence electrons. The van der Waals surface area contributed by atoms with Crippen molar-refractivity contribution in [3.63, 3.8) is 0 Å². The Hall–Kier alpha value is -4.16. The van der Waals surface area contributed by atoms with E-state index in [0.717, 1.165) is 34.2 Å². The van der Waals surface area contributed by atoms with Gasteiger partial charge in [-0.05, 0) is 93.6 Å². The van der Waals surface area contributed by atoms with Crippen molar-refractivity contribution in [3.8, 4) is 11.5 Å². The average Bonchev–Trinajstić information content (AvgIpc) is 3.24. The number of nitrogens with zero attached hydrogens (tertiary/aromatic N) is 3. The molecule has 12 heteroatoms. The number of nitro benzene ring substituents is 1. The summed E-state index contributed by atoms with van der Waals surface area (Å²) in [4.78, 5) is 52.2. The minimum atomic E-state index is -0.525. The zero-order chi connectivity index (χ0) is 29.8. The van der Waals surface area contributed by atoms with Crippen LogP contribution in [0.4, 0.5) is 10.5 Å². The molecule has 2 aliphatic rings. The van der Waals surface area contributed by atoms with Crippen LogP contribution in [0.1, 0.15) is 29.2 Å². The topological polar surface area (TPSA) is 119 Å². The van der Waals surface area contributed by atoms with Crippen molar-refractivity contribution in [1.82, 2.24) is 9.80 Å². The number of carbonyl (C=O) groups excluding carboxylic acids is 3. The number of amides is 3. The molecule has 1 saturated heterocycles. The summed E-state index contributed by atoms with van der Waals surface area (Å²) in [5.41, 5.74) is 3.59. The van der Waals surface area contributed by atoms with Gasteiger partial charge in [-0.25, -0.2) is 0 Å². The van der Waals surface area contributed by atoms with E-state index in [2.05, 4.69) is 15.9 Å². The lowest BCUT2D eigenvalue weighted by molar-refractivity contribution is -0.384. The molecule has 0 aliphatic carbocycles. The lowest BCUT2D eigenvalue weighted by Crippen LogP contribution is -2.44. The minimum absolute atomic E-state index is 0.00895. The number of benzene rings is 3. The van der Waals surface area contributed by atoms with Gasteiger partial charge in [0.2, 0.25) is 5.91 Å². The SMILES string of the molecule is CCOc1cc(/C=C2/SC(=O)N(CC(=O)N3CCc4ccccc4C3)C2=O)cc(Br)c1OCc1ccc([N+](=O)[O-])cc1. The van der Waals surface area contributed by atoms with Crippen molar-refractivity contribution in [1.29, 1.82) is 0 Å². The first-order valence-electron chi connectivity index (χ1n) is 13.2. The minimum Gasteiger partial charge on any atom is -0.490 e. The number of hydrogen-bond acceptors (Lipinski definition) is 8. The first kappa shape index (κ1) is 29.3. The Balaban J connectivity index is 1.28. The predicted molar refractivity (Wildman–Crippen MR) is 161 cm³/mol. The molecule has 5 rings (SSSR count). The van der Waals surface area contributed by atoms with E-state index in [1.807, 2.05) is 31.2 Å². The van der Waals surface area contributed by atoms with Gasteiger partial charge in [-0.3, -0.25) is 29.4 Å². The maximum absolute atomic E-state index is 13.2. The monoisotopic (exact) mass is 651 g/mol. The van der Waals surface area contributed by atoms with E-state index in [1.54, 1.807) is 35.2 Å². The summed E-state index contributed by atoms with van der Waals surface area (Å²) >= 11 is 4.29. The quantitative estimate of drug-likeness (QED) is 0.158. The summed E-state index contributed by atoms with van der Waals surface area (Å²) in [6.07, 6.45) is 2.31. The van der Waals surface area contributed by atoms with Crippen LogP contribution in [0, 0.1) is 10.1 Å². The number of hydrogen-bond donors (Lipinski definition) is 0. The molecular formula is C30H26BrN3O7S. The van der Waals surface area contributed by atoms with E-state index in [0.29, 0.717) is 41.2 Å². The van der Waals surface area contributed by atoms with Crippen LogP contribution in [0.3, 0.4) is 0 Å². The summed E-state index contributed by atoms with van der Waals surface area (Å²) in [7, 11) is 0. The molecule has 42 heavy (non-hydrogen) atoms. The van der Waals surface area contributed by atoms with Crippen molar-refractivity contribution in [3.05, 3.63) is 102 Å². The molecule has 0 atom stereocenters. The van der Waals surface area contributed by atoms with Crippen LogP contribution < -0.4 is 9.47 Å². The highest BCUT2D eigenvalue weighted by atomic mass is 79.9. The molecule has 0 bridgehead atoms. The van der Waals surface area contributed by atoms with Gasteiger partial charge >= 0.3 is 0 Å². The number of ether oxygens (including phenoxy) is 2. The third kappa shape index (κ3) is 6.50. The van der Waals surface area contributed by atoms with Crippen LogP contribution in [0.15, 0.2) is 70.0 Å². The maximum atomic E-state index is 13.2.